The smallest absolute Gasteiger partial charge is 0.258 e. The number of amides is 1. The second kappa shape index (κ2) is 5.76. The number of hydrogen-bond donors (Lipinski definition) is 2. The summed E-state index contributed by atoms with van der Waals surface area (Å²) >= 11 is 11.6. The van der Waals surface area contributed by atoms with Gasteiger partial charge in [0, 0.05) is 15.7 Å². The Labute approximate surface area is 132 Å². The molecule has 0 aliphatic heterocycles. The maximum atomic E-state index is 12.2. The monoisotopic (exact) mass is 326 g/mol. The number of nitrogens with zero attached hydrogens (tertiary/aromatic N) is 1. The van der Waals surface area contributed by atoms with Crippen molar-refractivity contribution in [1.82, 2.24) is 4.98 Å². The summed E-state index contributed by atoms with van der Waals surface area (Å²) in [6.07, 6.45) is 0. The number of aromatic nitrogens is 1. The number of carbonyl (C=O) groups excluding carboxylic acids is 1. The molecule has 20 heavy (non-hydrogen) atoms. The molecule has 0 saturated heterocycles. The van der Waals surface area contributed by atoms with E-state index in [0.717, 1.165) is 5.69 Å². The first-order valence-corrected chi connectivity index (χ1v) is 7.74. The number of halogens is 1. The van der Waals surface area contributed by atoms with Gasteiger partial charge >= 0.3 is 0 Å². The lowest BCUT2D eigenvalue weighted by Gasteiger charge is -2.14. The second-order valence-electron chi connectivity index (χ2n) is 5.41. The van der Waals surface area contributed by atoms with E-state index in [1.807, 2.05) is 5.38 Å². The molecule has 0 fully saturated rings. The zero-order valence-electron chi connectivity index (χ0n) is 11.4. The third-order valence-corrected chi connectivity index (χ3v) is 4.05. The van der Waals surface area contributed by atoms with Crippen molar-refractivity contribution in [3.63, 3.8) is 0 Å². The van der Waals surface area contributed by atoms with Crippen LogP contribution in [0.25, 0.3) is 0 Å². The van der Waals surface area contributed by atoms with Gasteiger partial charge in [-0.2, -0.15) is 0 Å². The fourth-order valence-electron chi connectivity index (χ4n) is 1.53. The molecule has 2 rings (SSSR count). The Morgan fingerprint density at radius 1 is 1.40 bits per heavy atom. The van der Waals surface area contributed by atoms with Gasteiger partial charge in [0.15, 0.2) is 5.13 Å². The van der Waals surface area contributed by atoms with Crippen molar-refractivity contribution < 1.29 is 4.79 Å². The molecule has 0 atom stereocenters. The topological polar surface area (TPSA) is 42.0 Å². The minimum absolute atomic E-state index is 0.0395. The fraction of sp³-hybridized carbons (Fsp3) is 0.286. The van der Waals surface area contributed by atoms with Crippen LogP contribution in [-0.2, 0) is 5.41 Å². The number of benzene rings is 1. The second-order valence-corrected chi connectivity index (χ2v) is 7.19. The summed E-state index contributed by atoms with van der Waals surface area (Å²) in [6, 6.07) is 5.03. The van der Waals surface area contributed by atoms with Gasteiger partial charge in [0.25, 0.3) is 5.91 Å². The summed E-state index contributed by atoms with van der Waals surface area (Å²) in [5.74, 6) is -0.277. The molecule has 1 aromatic heterocycles. The van der Waals surface area contributed by atoms with Crippen LogP contribution in [0.4, 0.5) is 5.13 Å². The van der Waals surface area contributed by atoms with Crippen LogP contribution in [0.5, 0.6) is 0 Å². The predicted molar refractivity (Wildman–Crippen MR) is 87.5 cm³/mol. The van der Waals surface area contributed by atoms with E-state index in [1.165, 1.54) is 11.3 Å². The molecule has 6 heteroatoms. The van der Waals surface area contributed by atoms with Crippen LogP contribution in [0.15, 0.2) is 28.5 Å². The van der Waals surface area contributed by atoms with E-state index in [0.29, 0.717) is 20.6 Å². The predicted octanol–water partition coefficient (Wildman–Crippen LogP) is 4.64. The first-order chi connectivity index (χ1) is 9.27. The summed E-state index contributed by atoms with van der Waals surface area (Å²) < 4.78 is 0. The number of rotatable bonds is 2. The van der Waals surface area contributed by atoms with Gasteiger partial charge in [0.05, 0.1) is 16.3 Å². The van der Waals surface area contributed by atoms with Crippen LogP contribution >= 0.6 is 35.6 Å². The molecule has 1 N–H and O–H groups in total. The fourth-order valence-corrected chi connectivity index (χ4v) is 2.87. The summed E-state index contributed by atoms with van der Waals surface area (Å²) in [6.45, 7) is 6.23. The average molecular weight is 327 g/mol. The van der Waals surface area contributed by atoms with Gasteiger partial charge < -0.3 is 0 Å². The van der Waals surface area contributed by atoms with Crippen molar-refractivity contribution in [2.24, 2.45) is 0 Å². The van der Waals surface area contributed by atoms with E-state index in [-0.39, 0.29) is 11.3 Å². The van der Waals surface area contributed by atoms with E-state index < -0.39 is 0 Å². The van der Waals surface area contributed by atoms with Gasteiger partial charge in [-0.3, -0.25) is 10.1 Å². The summed E-state index contributed by atoms with van der Waals surface area (Å²) in [4.78, 5) is 17.3. The molecule has 3 nitrogen and oxygen atoms in total. The lowest BCUT2D eigenvalue weighted by atomic mass is 9.93. The Hall–Kier alpha value is -1.04. The number of anilines is 1. The number of thiol groups is 1. The van der Waals surface area contributed by atoms with Crippen molar-refractivity contribution in [2.45, 2.75) is 31.1 Å². The van der Waals surface area contributed by atoms with Gasteiger partial charge in [-0.25, -0.2) is 4.98 Å². The number of carbonyl (C=O) groups is 1. The Bertz CT molecular complexity index is 647. The van der Waals surface area contributed by atoms with Crippen molar-refractivity contribution in [3.05, 3.63) is 39.9 Å². The molecule has 0 radical (unpaired) electrons. The van der Waals surface area contributed by atoms with Crippen LogP contribution in [0.2, 0.25) is 5.02 Å². The van der Waals surface area contributed by atoms with Crippen LogP contribution < -0.4 is 5.32 Å². The standard InChI is InChI=1S/C14H15ClN2OS2/c1-14(2,3)11-7-20-13(16-11)17-12(18)9-6-8(19)4-5-10(9)15/h4-7,19H,1-3H3,(H,16,17,18). The lowest BCUT2D eigenvalue weighted by Crippen LogP contribution is -2.14. The molecule has 0 spiro atoms. The van der Waals surface area contributed by atoms with Crippen LogP contribution in [-0.4, -0.2) is 10.9 Å². The lowest BCUT2D eigenvalue weighted by molar-refractivity contribution is 0.102. The highest BCUT2D eigenvalue weighted by molar-refractivity contribution is 7.80. The molecular formula is C14H15ClN2OS2. The molecule has 1 heterocycles. The average Bonchev–Trinajstić information content (AvgIpc) is 2.80. The Morgan fingerprint density at radius 3 is 2.70 bits per heavy atom. The molecule has 0 unspecified atom stereocenters. The van der Waals surface area contributed by atoms with E-state index in [2.05, 4.69) is 43.7 Å². The molecule has 2 aromatic rings. The molecular weight excluding hydrogens is 312 g/mol. The van der Waals surface area contributed by atoms with Gasteiger partial charge in [0.2, 0.25) is 0 Å². The number of hydrogen-bond acceptors (Lipinski definition) is 4. The summed E-state index contributed by atoms with van der Waals surface area (Å²) in [7, 11) is 0. The Morgan fingerprint density at radius 2 is 2.10 bits per heavy atom. The molecule has 0 bridgehead atoms. The van der Waals surface area contributed by atoms with Crippen LogP contribution in [0.1, 0.15) is 36.8 Å². The normalized spacial score (nSPS) is 11.4. The minimum Gasteiger partial charge on any atom is -0.298 e. The number of nitrogens with one attached hydrogen (secondary N) is 1. The first-order valence-electron chi connectivity index (χ1n) is 6.03. The highest BCUT2D eigenvalue weighted by Crippen LogP contribution is 2.27. The van der Waals surface area contributed by atoms with E-state index >= 15 is 0 Å². The molecule has 1 aromatic carbocycles. The number of thiazole rings is 1. The zero-order valence-corrected chi connectivity index (χ0v) is 13.9. The molecule has 0 saturated carbocycles. The van der Waals surface area contributed by atoms with Gasteiger partial charge in [-0.1, -0.05) is 32.4 Å². The SMILES string of the molecule is CC(C)(C)c1csc(NC(=O)c2cc(S)ccc2Cl)n1. The maximum absolute atomic E-state index is 12.2. The van der Waals surface area contributed by atoms with Gasteiger partial charge in [0.1, 0.15) is 0 Å². The molecule has 106 valence electrons. The molecule has 0 aliphatic carbocycles. The maximum Gasteiger partial charge on any atom is 0.258 e. The Kier molecular flexibility index (Phi) is 4.42. The first kappa shape index (κ1) is 15.4. The van der Waals surface area contributed by atoms with E-state index in [1.54, 1.807) is 18.2 Å². The quantitative estimate of drug-likeness (QED) is 0.790. The van der Waals surface area contributed by atoms with Gasteiger partial charge in [-0.05, 0) is 18.2 Å². The van der Waals surface area contributed by atoms with Crippen LogP contribution in [0, 0.1) is 0 Å². The summed E-state index contributed by atoms with van der Waals surface area (Å²) in [5.41, 5.74) is 1.31. The van der Waals surface area contributed by atoms with Gasteiger partial charge in [-0.15, -0.1) is 24.0 Å². The van der Waals surface area contributed by atoms with Crippen molar-refractivity contribution in [1.29, 1.82) is 0 Å². The van der Waals surface area contributed by atoms with Crippen molar-refractivity contribution in [3.8, 4) is 0 Å². The zero-order chi connectivity index (χ0) is 14.9. The largest absolute Gasteiger partial charge is 0.298 e. The third kappa shape index (κ3) is 3.53. The van der Waals surface area contributed by atoms with E-state index in [4.69, 9.17) is 11.6 Å². The third-order valence-electron chi connectivity index (χ3n) is 2.69. The Balaban J connectivity index is 2.20. The highest BCUT2D eigenvalue weighted by atomic mass is 35.5. The summed E-state index contributed by atoms with van der Waals surface area (Å²) in [5, 5.41) is 5.69. The van der Waals surface area contributed by atoms with Crippen molar-refractivity contribution in [2.75, 3.05) is 5.32 Å². The van der Waals surface area contributed by atoms with Crippen molar-refractivity contribution >= 4 is 46.6 Å². The van der Waals surface area contributed by atoms with Crippen LogP contribution in [0.3, 0.4) is 0 Å². The highest BCUT2D eigenvalue weighted by Gasteiger charge is 2.19. The molecule has 0 aliphatic rings. The minimum atomic E-state index is -0.277. The van der Waals surface area contributed by atoms with E-state index in [9.17, 15) is 4.79 Å². The molecule has 1 amide bonds.